The highest BCUT2D eigenvalue weighted by atomic mass is 16.3. The van der Waals surface area contributed by atoms with Crippen molar-refractivity contribution in [1.82, 2.24) is 4.90 Å². The number of rotatable bonds is 0. The summed E-state index contributed by atoms with van der Waals surface area (Å²) in [6.45, 7) is 0. The second-order valence-electron chi connectivity index (χ2n) is 3.25. The van der Waals surface area contributed by atoms with E-state index in [1.165, 1.54) is 0 Å². The van der Waals surface area contributed by atoms with Gasteiger partial charge in [0.1, 0.15) is 0 Å². The normalized spacial score (nSPS) is 45.2. The maximum Gasteiger partial charge on any atom is 0.227 e. The molecular weight excluding hydrogens is 130 g/mol. The van der Waals surface area contributed by atoms with Crippen LogP contribution in [0.15, 0.2) is 0 Å². The molecule has 1 N–H and O–H groups in total. The van der Waals surface area contributed by atoms with E-state index in [4.69, 9.17) is 5.11 Å². The van der Waals surface area contributed by atoms with Gasteiger partial charge in [-0.15, -0.1) is 0 Å². The zero-order valence-corrected chi connectivity index (χ0v) is 5.95. The first kappa shape index (κ1) is 6.16. The first-order valence-corrected chi connectivity index (χ1v) is 3.65. The van der Waals surface area contributed by atoms with Crippen LogP contribution in [0.2, 0.25) is 0 Å². The summed E-state index contributed by atoms with van der Waals surface area (Å²) in [6, 6.07) is 0.350. The number of nitrogens with zero attached hydrogens (tertiary/aromatic N) is 1. The van der Waals surface area contributed by atoms with Crippen molar-refractivity contribution in [2.45, 2.75) is 25.0 Å². The summed E-state index contributed by atoms with van der Waals surface area (Å²) in [5.41, 5.74) is 0. The molecule has 0 radical (unpaired) electrons. The summed E-state index contributed by atoms with van der Waals surface area (Å²) in [5.74, 6) is 0.363. The monoisotopic (exact) mass is 141 g/mol. The lowest BCUT2D eigenvalue weighted by molar-refractivity contribution is -0.150. The van der Waals surface area contributed by atoms with Crippen LogP contribution < -0.4 is 0 Å². The van der Waals surface area contributed by atoms with Crippen LogP contribution in [0.25, 0.3) is 0 Å². The predicted molar refractivity (Wildman–Crippen MR) is 35.3 cm³/mol. The van der Waals surface area contributed by atoms with E-state index in [1.54, 1.807) is 4.90 Å². The van der Waals surface area contributed by atoms with Crippen LogP contribution in [-0.2, 0) is 4.79 Å². The van der Waals surface area contributed by atoms with Crippen LogP contribution in [0.4, 0.5) is 0 Å². The molecular formula is C7H11NO2. The molecule has 3 heteroatoms. The number of carbonyl (C=O) groups is 1. The van der Waals surface area contributed by atoms with Crippen molar-refractivity contribution in [1.29, 1.82) is 0 Å². The van der Waals surface area contributed by atoms with Gasteiger partial charge in [-0.3, -0.25) is 4.79 Å². The molecule has 0 bridgehead atoms. The molecule has 3 unspecified atom stereocenters. The van der Waals surface area contributed by atoms with Crippen molar-refractivity contribution >= 4 is 5.91 Å². The van der Waals surface area contributed by atoms with E-state index in [2.05, 4.69) is 0 Å². The van der Waals surface area contributed by atoms with Gasteiger partial charge < -0.3 is 10.0 Å². The van der Waals surface area contributed by atoms with Crippen LogP contribution in [0.5, 0.6) is 0 Å². The lowest BCUT2D eigenvalue weighted by Gasteiger charge is -2.40. The summed E-state index contributed by atoms with van der Waals surface area (Å²) >= 11 is 0. The average Bonchev–Trinajstić information content (AvgIpc) is 2.27. The number of hydrogen-bond acceptors (Lipinski definition) is 2. The fourth-order valence-corrected chi connectivity index (χ4v) is 2.03. The van der Waals surface area contributed by atoms with E-state index in [1.807, 2.05) is 7.05 Å². The summed E-state index contributed by atoms with van der Waals surface area (Å²) in [4.78, 5) is 12.7. The second kappa shape index (κ2) is 1.72. The minimum Gasteiger partial charge on any atom is -0.393 e. The van der Waals surface area contributed by atoms with Crippen LogP contribution in [0.3, 0.4) is 0 Å². The number of aliphatic hydroxyl groups is 1. The molecule has 1 aliphatic carbocycles. The molecule has 1 amide bonds. The summed E-state index contributed by atoms with van der Waals surface area (Å²) in [7, 11) is 1.81. The minimum absolute atomic E-state index is 0.153. The quantitative estimate of drug-likeness (QED) is 0.466. The van der Waals surface area contributed by atoms with Gasteiger partial charge in [-0.2, -0.15) is 0 Å². The molecule has 3 nitrogen and oxygen atoms in total. The third-order valence-electron chi connectivity index (χ3n) is 2.67. The lowest BCUT2D eigenvalue weighted by Crippen LogP contribution is -2.55. The Morgan fingerprint density at radius 2 is 2.30 bits per heavy atom. The average molecular weight is 141 g/mol. The SMILES string of the molecule is CN1C(=O)C2CC(O)CC21. The fraction of sp³-hybridized carbons (Fsp3) is 0.857. The van der Waals surface area contributed by atoms with Crippen LogP contribution in [-0.4, -0.2) is 35.1 Å². The number of hydrogen-bond donors (Lipinski definition) is 1. The van der Waals surface area contributed by atoms with Gasteiger partial charge in [-0.05, 0) is 12.8 Å². The predicted octanol–water partition coefficient (Wildman–Crippen LogP) is -0.402. The number of carbonyl (C=O) groups excluding carboxylic acids is 1. The lowest BCUT2D eigenvalue weighted by atomic mass is 9.92. The Morgan fingerprint density at radius 1 is 1.60 bits per heavy atom. The standard InChI is InChI=1S/C7H11NO2/c1-8-6-3-4(9)2-5(6)7(8)10/h4-6,9H,2-3H2,1H3. The van der Waals surface area contributed by atoms with Crippen LogP contribution in [0.1, 0.15) is 12.8 Å². The first-order chi connectivity index (χ1) is 4.70. The molecule has 2 rings (SSSR count). The molecule has 2 fully saturated rings. The van der Waals surface area contributed by atoms with Crippen molar-refractivity contribution in [3.63, 3.8) is 0 Å². The Kier molecular flexibility index (Phi) is 1.06. The fourth-order valence-electron chi connectivity index (χ4n) is 2.03. The maximum absolute atomic E-state index is 11.0. The van der Waals surface area contributed by atoms with Crippen LogP contribution >= 0.6 is 0 Å². The van der Waals surface area contributed by atoms with Gasteiger partial charge in [-0.25, -0.2) is 0 Å². The zero-order valence-electron chi connectivity index (χ0n) is 5.95. The number of aliphatic hydroxyl groups excluding tert-OH is 1. The van der Waals surface area contributed by atoms with Gasteiger partial charge in [0.05, 0.1) is 12.0 Å². The molecule has 10 heavy (non-hydrogen) atoms. The number of β-lactam (4-membered cyclic amide) rings is 1. The van der Waals surface area contributed by atoms with Gasteiger partial charge in [0.25, 0.3) is 0 Å². The largest absolute Gasteiger partial charge is 0.393 e. The van der Waals surface area contributed by atoms with Gasteiger partial charge in [-0.1, -0.05) is 0 Å². The third-order valence-corrected chi connectivity index (χ3v) is 2.67. The van der Waals surface area contributed by atoms with Crippen molar-refractivity contribution in [3.05, 3.63) is 0 Å². The Balaban J connectivity index is 2.11. The highest BCUT2D eigenvalue weighted by Crippen LogP contribution is 2.38. The summed E-state index contributed by atoms with van der Waals surface area (Å²) in [5, 5.41) is 9.17. The Labute approximate surface area is 59.6 Å². The molecule has 0 aromatic heterocycles. The van der Waals surface area contributed by atoms with Crippen LogP contribution in [0, 0.1) is 5.92 Å². The van der Waals surface area contributed by atoms with E-state index >= 15 is 0 Å². The van der Waals surface area contributed by atoms with Gasteiger partial charge in [0, 0.05) is 13.1 Å². The van der Waals surface area contributed by atoms with Crippen molar-refractivity contribution < 1.29 is 9.90 Å². The smallest absolute Gasteiger partial charge is 0.227 e. The Hall–Kier alpha value is -0.570. The zero-order chi connectivity index (χ0) is 7.30. The van der Waals surface area contributed by atoms with Gasteiger partial charge >= 0.3 is 0 Å². The molecule has 1 saturated heterocycles. The van der Waals surface area contributed by atoms with E-state index in [0.29, 0.717) is 12.5 Å². The first-order valence-electron chi connectivity index (χ1n) is 3.65. The highest BCUT2D eigenvalue weighted by Gasteiger charge is 2.50. The molecule has 1 aliphatic heterocycles. The van der Waals surface area contributed by atoms with Crippen molar-refractivity contribution in [2.24, 2.45) is 5.92 Å². The molecule has 1 heterocycles. The van der Waals surface area contributed by atoms with E-state index in [9.17, 15) is 4.79 Å². The molecule has 0 aromatic carbocycles. The number of fused-ring (bicyclic) bond motifs is 1. The van der Waals surface area contributed by atoms with E-state index in [0.717, 1.165) is 6.42 Å². The molecule has 56 valence electrons. The van der Waals surface area contributed by atoms with Crippen molar-refractivity contribution in [3.8, 4) is 0 Å². The molecule has 0 spiro atoms. The molecule has 0 aromatic rings. The molecule has 2 aliphatic rings. The van der Waals surface area contributed by atoms with Gasteiger partial charge in [0.2, 0.25) is 5.91 Å². The highest BCUT2D eigenvalue weighted by molar-refractivity contribution is 5.86. The topological polar surface area (TPSA) is 40.5 Å². The molecule has 3 atom stereocenters. The Morgan fingerprint density at radius 3 is 2.90 bits per heavy atom. The summed E-state index contributed by atoms with van der Waals surface area (Å²) in [6.07, 6.45) is 1.24. The van der Waals surface area contributed by atoms with Gasteiger partial charge in [0.15, 0.2) is 0 Å². The van der Waals surface area contributed by atoms with E-state index in [-0.39, 0.29) is 17.9 Å². The number of likely N-dealkylation sites (tertiary alicyclic amines) is 1. The third kappa shape index (κ3) is 0.560. The summed E-state index contributed by atoms with van der Waals surface area (Å²) < 4.78 is 0. The van der Waals surface area contributed by atoms with E-state index < -0.39 is 0 Å². The molecule has 1 saturated carbocycles. The van der Waals surface area contributed by atoms with Crippen molar-refractivity contribution in [2.75, 3.05) is 7.05 Å². The number of amides is 1. The Bertz CT molecular complexity index is 180. The minimum atomic E-state index is -0.233. The second-order valence-corrected chi connectivity index (χ2v) is 3.25. The maximum atomic E-state index is 11.0.